The number of benzene rings is 1. The van der Waals surface area contributed by atoms with Crippen molar-refractivity contribution in [3.8, 4) is 5.69 Å². The fourth-order valence-corrected chi connectivity index (χ4v) is 4.16. The van der Waals surface area contributed by atoms with Crippen molar-refractivity contribution in [1.82, 2.24) is 30.0 Å². The number of rotatable bonds is 5. The molecule has 3 rings (SSSR count). The van der Waals surface area contributed by atoms with Gasteiger partial charge in [-0.05, 0) is 48.9 Å². The number of aryl methyl sites for hydroxylation is 2. The third-order valence-electron chi connectivity index (χ3n) is 4.85. The van der Waals surface area contributed by atoms with Crippen molar-refractivity contribution in [1.29, 1.82) is 0 Å². The fraction of sp³-hybridized carbons (Fsp3) is 0.556. The molecule has 2 heterocycles. The second-order valence-corrected chi connectivity index (χ2v) is 7.94. The molecule has 1 aliphatic rings. The van der Waals surface area contributed by atoms with Gasteiger partial charge in [0.25, 0.3) is 0 Å². The van der Waals surface area contributed by atoms with Crippen LogP contribution in [-0.4, -0.2) is 73.9 Å². The molecule has 140 valence electrons. The quantitative estimate of drug-likeness (QED) is 0.745. The van der Waals surface area contributed by atoms with Crippen LogP contribution >= 0.6 is 11.8 Å². The molecule has 0 saturated carbocycles. The number of tetrazole rings is 1. The van der Waals surface area contributed by atoms with Crippen molar-refractivity contribution in [2.75, 3.05) is 32.7 Å². The Kier molecular flexibility index (Phi) is 5.93. The number of aromatic nitrogens is 4. The molecule has 2 aromatic rings. The maximum absolute atomic E-state index is 12.8. The Morgan fingerprint density at radius 3 is 2.46 bits per heavy atom. The summed E-state index contributed by atoms with van der Waals surface area (Å²) in [6.07, 6.45) is 0. The highest BCUT2D eigenvalue weighted by Gasteiger charge is 2.27. The van der Waals surface area contributed by atoms with Crippen LogP contribution in [-0.2, 0) is 4.79 Å². The third kappa shape index (κ3) is 3.91. The van der Waals surface area contributed by atoms with Crippen molar-refractivity contribution < 1.29 is 4.79 Å². The molecule has 1 aromatic carbocycles. The van der Waals surface area contributed by atoms with E-state index in [1.165, 1.54) is 11.8 Å². The van der Waals surface area contributed by atoms with E-state index in [4.69, 9.17) is 0 Å². The van der Waals surface area contributed by atoms with E-state index in [9.17, 15) is 4.79 Å². The van der Waals surface area contributed by atoms with E-state index in [2.05, 4.69) is 27.3 Å². The van der Waals surface area contributed by atoms with Crippen LogP contribution < -0.4 is 0 Å². The van der Waals surface area contributed by atoms with Crippen molar-refractivity contribution in [2.24, 2.45) is 0 Å². The highest BCUT2D eigenvalue weighted by atomic mass is 32.2. The summed E-state index contributed by atoms with van der Waals surface area (Å²) in [5.74, 6) is 0.154. The molecule has 0 aliphatic carbocycles. The van der Waals surface area contributed by atoms with Gasteiger partial charge >= 0.3 is 0 Å². The number of likely N-dealkylation sites (N-methyl/N-ethyl adjacent to an activating group) is 1. The lowest BCUT2D eigenvalue weighted by molar-refractivity contribution is -0.132. The van der Waals surface area contributed by atoms with Gasteiger partial charge in [-0.3, -0.25) is 4.79 Å². The van der Waals surface area contributed by atoms with Gasteiger partial charge in [0.2, 0.25) is 11.1 Å². The topological polar surface area (TPSA) is 67.2 Å². The van der Waals surface area contributed by atoms with Crippen molar-refractivity contribution >= 4 is 17.7 Å². The molecule has 1 aromatic heterocycles. The Morgan fingerprint density at radius 2 is 1.85 bits per heavy atom. The van der Waals surface area contributed by atoms with Crippen LogP contribution in [0.4, 0.5) is 0 Å². The number of piperazine rings is 1. The van der Waals surface area contributed by atoms with Crippen LogP contribution in [0.3, 0.4) is 0 Å². The standard InChI is InChI=1S/C18H26N6OS/c1-5-22-9-11-23(12-10-22)17(25)15(4)26-18-19-20-21-24(18)16-13(2)7-6-8-14(16)3/h6-8,15H,5,9-12H2,1-4H3. The average Bonchev–Trinajstić information content (AvgIpc) is 3.08. The van der Waals surface area contributed by atoms with Gasteiger partial charge in [-0.15, -0.1) is 5.10 Å². The molecule has 1 unspecified atom stereocenters. The van der Waals surface area contributed by atoms with Gasteiger partial charge in [-0.1, -0.05) is 36.9 Å². The summed E-state index contributed by atoms with van der Waals surface area (Å²) in [6, 6.07) is 6.11. The minimum absolute atomic E-state index is 0.154. The second kappa shape index (κ2) is 8.18. The average molecular weight is 375 g/mol. The minimum Gasteiger partial charge on any atom is -0.339 e. The van der Waals surface area contributed by atoms with Crippen LogP contribution in [0.5, 0.6) is 0 Å². The zero-order valence-electron chi connectivity index (χ0n) is 15.8. The smallest absolute Gasteiger partial charge is 0.235 e. The summed E-state index contributed by atoms with van der Waals surface area (Å²) in [4.78, 5) is 17.1. The van der Waals surface area contributed by atoms with Gasteiger partial charge < -0.3 is 9.80 Å². The Bertz CT molecular complexity index is 749. The first-order valence-electron chi connectivity index (χ1n) is 9.04. The number of carbonyl (C=O) groups is 1. The molecule has 1 fully saturated rings. The van der Waals surface area contributed by atoms with Crippen LogP contribution in [0.1, 0.15) is 25.0 Å². The van der Waals surface area contributed by atoms with E-state index < -0.39 is 0 Å². The molecule has 1 saturated heterocycles. The maximum atomic E-state index is 12.8. The molecule has 1 aliphatic heterocycles. The first kappa shape index (κ1) is 18.8. The lowest BCUT2D eigenvalue weighted by Gasteiger charge is -2.35. The molecule has 8 heteroatoms. The van der Waals surface area contributed by atoms with E-state index in [1.807, 2.05) is 43.9 Å². The fourth-order valence-electron chi connectivity index (χ4n) is 3.28. The number of nitrogens with zero attached hydrogens (tertiary/aromatic N) is 6. The molecule has 0 bridgehead atoms. The molecule has 1 amide bonds. The van der Waals surface area contributed by atoms with Crippen LogP contribution in [0.2, 0.25) is 0 Å². The van der Waals surface area contributed by atoms with Gasteiger partial charge in [-0.2, -0.15) is 4.68 Å². The largest absolute Gasteiger partial charge is 0.339 e. The summed E-state index contributed by atoms with van der Waals surface area (Å²) in [7, 11) is 0. The summed E-state index contributed by atoms with van der Waals surface area (Å²) in [5, 5.41) is 12.6. The Hall–Kier alpha value is -1.93. The van der Waals surface area contributed by atoms with E-state index in [0.29, 0.717) is 5.16 Å². The van der Waals surface area contributed by atoms with Gasteiger partial charge in [0.1, 0.15) is 0 Å². The Labute approximate surface area is 158 Å². The molecule has 0 spiro atoms. The second-order valence-electron chi connectivity index (χ2n) is 6.63. The van der Waals surface area contributed by atoms with Gasteiger partial charge in [0.05, 0.1) is 10.9 Å². The monoisotopic (exact) mass is 374 g/mol. The minimum atomic E-state index is -0.225. The number of amides is 1. The molecule has 26 heavy (non-hydrogen) atoms. The highest BCUT2D eigenvalue weighted by Crippen LogP contribution is 2.27. The maximum Gasteiger partial charge on any atom is 0.235 e. The molecule has 0 radical (unpaired) electrons. The van der Waals surface area contributed by atoms with E-state index >= 15 is 0 Å². The summed E-state index contributed by atoms with van der Waals surface area (Å²) >= 11 is 1.42. The first-order valence-corrected chi connectivity index (χ1v) is 9.92. The zero-order valence-corrected chi connectivity index (χ0v) is 16.7. The van der Waals surface area contributed by atoms with Gasteiger partial charge in [-0.25, -0.2) is 0 Å². The van der Waals surface area contributed by atoms with Gasteiger partial charge in [0.15, 0.2) is 0 Å². The predicted molar refractivity (Wildman–Crippen MR) is 103 cm³/mol. The zero-order chi connectivity index (χ0) is 18.7. The predicted octanol–water partition coefficient (Wildman–Crippen LogP) is 1.92. The number of hydrogen-bond acceptors (Lipinski definition) is 6. The lowest BCUT2D eigenvalue weighted by atomic mass is 10.1. The summed E-state index contributed by atoms with van der Waals surface area (Å²) in [5.41, 5.74) is 3.19. The normalized spacial score (nSPS) is 16.7. The molecular formula is C18H26N6OS. The Balaban J connectivity index is 1.72. The molecular weight excluding hydrogens is 348 g/mol. The van der Waals surface area contributed by atoms with Crippen LogP contribution in [0, 0.1) is 13.8 Å². The number of para-hydroxylation sites is 1. The van der Waals surface area contributed by atoms with Crippen LogP contribution in [0.25, 0.3) is 5.69 Å². The van der Waals surface area contributed by atoms with Crippen molar-refractivity contribution in [3.05, 3.63) is 29.3 Å². The van der Waals surface area contributed by atoms with Crippen molar-refractivity contribution in [3.63, 3.8) is 0 Å². The Morgan fingerprint density at radius 1 is 1.19 bits per heavy atom. The van der Waals surface area contributed by atoms with E-state index in [1.54, 1.807) is 4.68 Å². The molecule has 7 nitrogen and oxygen atoms in total. The van der Waals surface area contributed by atoms with Gasteiger partial charge in [0, 0.05) is 26.2 Å². The number of carbonyl (C=O) groups excluding carboxylic acids is 1. The number of thioether (sulfide) groups is 1. The summed E-state index contributed by atoms with van der Waals surface area (Å²) in [6.45, 7) is 12.7. The number of hydrogen-bond donors (Lipinski definition) is 0. The highest BCUT2D eigenvalue weighted by molar-refractivity contribution is 8.00. The first-order chi connectivity index (χ1) is 12.5. The molecule has 0 N–H and O–H groups in total. The van der Waals surface area contributed by atoms with Crippen molar-refractivity contribution in [2.45, 2.75) is 38.1 Å². The van der Waals surface area contributed by atoms with E-state index in [-0.39, 0.29) is 11.2 Å². The van der Waals surface area contributed by atoms with E-state index in [0.717, 1.165) is 49.5 Å². The SMILES string of the molecule is CCN1CCN(C(=O)C(C)Sc2nnnn2-c2c(C)cccc2C)CC1. The third-order valence-corrected chi connectivity index (χ3v) is 5.87. The molecule has 1 atom stereocenters. The summed E-state index contributed by atoms with van der Waals surface area (Å²) < 4.78 is 1.74. The van der Waals surface area contributed by atoms with Crippen LogP contribution in [0.15, 0.2) is 23.4 Å². The lowest BCUT2D eigenvalue weighted by Crippen LogP contribution is -2.50.